The van der Waals surface area contributed by atoms with E-state index < -0.39 is 5.60 Å². The minimum Gasteiger partial charge on any atom is -0.378 e. The van der Waals surface area contributed by atoms with Crippen LogP contribution in [-0.4, -0.2) is 47.0 Å². The second-order valence-corrected chi connectivity index (χ2v) is 4.95. The number of alkyl halides is 2. The van der Waals surface area contributed by atoms with Crippen LogP contribution < -0.4 is 0 Å². The van der Waals surface area contributed by atoms with Crippen LogP contribution in [0.5, 0.6) is 0 Å². The maximum atomic E-state index is 10.0. The molecule has 0 unspecified atom stereocenters. The fourth-order valence-corrected chi connectivity index (χ4v) is 2.39. The monoisotopic (exact) mass is 299 g/mol. The zero-order valence-electron chi connectivity index (χ0n) is 9.92. The molecule has 0 aliphatic heterocycles. The molecule has 0 spiro atoms. The Morgan fingerprint density at radius 2 is 1.65 bits per heavy atom. The van der Waals surface area contributed by atoms with Gasteiger partial charge in [-0.05, 0) is 25.7 Å². The summed E-state index contributed by atoms with van der Waals surface area (Å²) in [6.07, 6.45) is 3.78. The predicted octanol–water partition coefficient (Wildman–Crippen LogP) is 2.50. The van der Waals surface area contributed by atoms with E-state index in [4.69, 9.17) is 23.2 Å². The molecule has 0 bridgehead atoms. The quantitative estimate of drug-likeness (QED) is 0.623. The van der Waals surface area contributed by atoms with Gasteiger partial charge in [-0.1, -0.05) is 11.8 Å². The molecule has 100 valence electrons. The van der Waals surface area contributed by atoms with Crippen LogP contribution in [0, 0.1) is 11.8 Å². The SMILES string of the molecule is Cl.OC1(C#CCN(CCCl)CCCl)CCCC1. The first-order valence-corrected chi connectivity index (χ1v) is 6.84. The number of halogens is 3. The molecule has 0 aromatic rings. The minimum atomic E-state index is -0.729. The van der Waals surface area contributed by atoms with Gasteiger partial charge in [-0.2, -0.15) is 0 Å². The Labute approximate surface area is 120 Å². The fourth-order valence-electron chi connectivity index (χ4n) is 1.91. The molecule has 1 rings (SSSR count). The molecular formula is C12H20Cl3NO. The number of nitrogens with zero attached hydrogens (tertiary/aromatic N) is 1. The van der Waals surface area contributed by atoms with E-state index >= 15 is 0 Å². The van der Waals surface area contributed by atoms with Crippen molar-refractivity contribution in [2.75, 3.05) is 31.4 Å². The topological polar surface area (TPSA) is 23.5 Å². The Hall–Kier alpha value is 0.350. The van der Waals surface area contributed by atoms with Gasteiger partial charge >= 0.3 is 0 Å². The molecule has 0 radical (unpaired) electrons. The highest BCUT2D eigenvalue weighted by Crippen LogP contribution is 2.28. The highest BCUT2D eigenvalue weighted by Gasteiger charge is 2.28. The van der Waals surface area contributed by atoms with Crippen LogP contribution in [0.4, 0.5) is 0 Å². The second-order valence-electron chi connectivity index (χ2n) is 4.19. The van der Waals surface area contributed by atoms with Crippen molar-refractivity contribution >= 4 is 35.6 Å². The lowest BCUT2D eigenvalue weighted by Gasteiger charge is -2.17. The van der Waals surface area contributed by atoms with Crippen molar-refractivity contribution in [1.29, 1.82) is 0 Å². The summed E-state index contributed by atoms with van der Waals surface area (Å²) in [6, 6.07) is 0. The first-order chi connectivity index (χ1) is 7.70. The van der Waals surface area contributed by atoms with Crippen LogP contribution in [-0.2, 0) is 0 Å². The Morgan fingerprint density at radius 1 is 1.12 bits per heavy atom. The molecule has 0 saturated heterocycles. The summed E-state index contributed by atoms with van der Waals surface area (Å²) in [5.41, 5.74) is -0.729. The summed E-state index contributed by atoms with van der Waals surface area (Å²) < 4.78 is 0. The Kier molecular flexibility index (Phi) is 9.49. The van der Waals surface area contributed by atoms with Crippen molar-refractivity contribution in [1.82, 2.24) is 4.90 Å². The van der Waals surface area contributed by atoms with E-state index in [9.17, 15) is 5.11 Å². The van der Waals surface area contributed by atoms with E-state index in [1.165, 1.54) is 0 Å². The number of hydrogen-bond acceptors (Lipinski definition) is 2. The van der Waals surface area contributed by atoms with Crippen molar-refractivity contribution < 1.29 is 5.11 Å². The van der Waals surface area contributed by atoms with Crippen LogP contribution >= 0.6 is 35.6 Å². The lowest BCUT2D eigenvalue weighted by atomic mass is 10.0. The van der Waals surface area contributed by atoms with Crippen molar-refractivity contribution in [2.45, 2.75) is 31.3 Å². The molecule has 1 aliphatic rings. The van der Waals surface area contributed by atoms with Gasteiger partial charge in [-0.25, -0.2) is 0 Å². The molecule has 17 heavy (non-hydrogen) atoms. The molecular weight excluding hydrogens is 280 g/mol. The molecule has 1 saturated carbocycles. The third-order valence-electron chi connectivity index (χ3n) is 2.86. The first-order valence-electron chi connectivity index (χ1n) is 5.77. The normalized spacial score (nSPS) is 17.4. The van der Waals surface area contributed by atoms with Gasteiger partial charge < -0.3 is 5.11 Å². The molecule has 1 aliphatic carbocycles. The van der Waals surface area contributed by atoms with Gasteiger partial charge in [0.1, 0.15) is 5.60 Å². The van der Waals surface area contributed by atoms with E-state index in [0.29, 0.717) is 18.3 Å². The number of aliphatic hydroxyl groups is 1. The molecule has 1 N–H and O–H groups in total. The summed E-state index contributed by atoms with van der Waals surface area (Å²) in [6.45, 7) is 2.23. The predicted molar refractivity (Wildman–Crippen MR) is 76.3 cm³/mol. The summed E-state index contributed by atoms with van der Waals surface area (Å²) in [5.74, 6) is 7.20. The summed E-state index contributed by atoms with van der Waals surface area (Å²) in [7, 11) is 0. The summed E-state index contributed by atoms with van der Waals surface area (Å²) in [5, 5.41) is 10.0. The molecule has 0 heterocycles. The van der Waals surface area contributed by atoms with Gasteiger partial charge in [-0.15, -0.1) is 35.6 Å². The minimum absolute atomic E-state index is 0. The molecule has 0 atom stereocenters. The van der Waals surface area contributed by atoms with E-state index in [0.717, 1.165) is 38.8 Å². The van der Waals surface area contributed by atoms with E-state index in [-0.39, 0.29) is 12.4 Å². The van der Waals surface area contributed by atoms with E-state index in [1.54, 1.807) is 0 Å². The highest BCUT2D eigenvalue weighted by molar-refractivity contribution is 6.18. The van der Waals surface area contributed by atoms with Gasteiger partial charge in [0.15, 0.2) is 0 Å². The zero-order chi connectivity index (χ0) is 11.9. The maximum absolute atomic E-state index is 10.0. The van der Waals surface area contributed by atoms with Gasteiger partial charge in [0, 0.05) is 24.8 Å². The van der Waals surface area contributed by atoms with Crippen molar-refractivity contribution in [3.05, 3.63) is 0 Å². The summed E-state index contributed by atoms with van der Waals surface area (Å²) >= 11 is 11.4. The molecule has 0 aromatic carbocycles. The van der Waals surface area contributed by atoms with Gasteiger partial charge in [-0.3, -0.25) is 4.90 Å². The molecule has 0 aromatic heterocycles. The fraction of sp³-hybridized carbons (Fsp3) is 0.833. The van der Waals surface area contributed by atoms with Crippen molar-refractivity contribution in [3.63, 3.8) is 0 Å². The third-order valence-corrected chi connectivity index (χ3v) is 3.19. The summed E-state index contributed by atoms with van der Waals surface area (Å²) in [4.78, 5) is 2.10. The molecule has 0 amide bonds. The van der Waals surface area contributed by atoms with Crippen LogP contribution in [0.3, 0.4) is 0 Å². The van der Waals surface area contributed by atoms with Gasteiger partial charge in [0.25, 0.3) is 0 Å². The average molecular weight is 301 g/mol. The standard InChI is InChI=1S/C12H19Cl2NO.ClH/c13-7-10-15(11-8-14)9-3-6-12(16)4-1-2-5-12;/h16H,1-2,4-5,7-11H2;1H. The van der Waals surface area contributed by atoms with Gasteiger partial charge in [0.05, 0.1) is 6.54 Å². The van der Waals surface area contributed by atoms with Crippen molar-refractivity contribution in [3.8, 4) is 11.8 Å². The first kappa shape index (κ1) is 17.4. The largest absolute Gasteiger partial charge is 0.378 e. The Balaban J connectivity index is 0.00000256. The second kappa shape index (κ2) is 9.30. The van der Waals surface area contributed by atoms with E-state index in [2.05, 4.69) is 16.7 Å². The van der Waals surface area contributed by atoms with Crippen molar-refractivity contribution in [2.24, 2.45) is 0 Å². The lowest BCUT2D eigenvalue weighted by molar-refractivity contribution is 0.109. The molecule has 1 fully saturated rings. The lowest BCUT2D eigenvalue weighted by Crippen LogP contribution is -2.29. The molecule has 5 heteroatoms. The maximum Gasteiger partial charge on any atom is 0.125 e. The van der Waals surface area contributed by atoms with Crippen LogP contribution in [0.2, 0.25) is 0 Å². The van der Waals surface area contributed by atoms with Gasteiger partial charge in [0.2, 0.25) is 0 Å². The third kappa shape index (κ3) is 6.74. The number of hydrogen-bond donors (Lipinski definition) is 1. The molecule has 2 nitrogen and oxygen atoms in total. The van der Waals surface area contributed by atoms with Crippen LogP contribution in [0.25, 0.3) is 0 Å². The van der Waals surface area contributed by atoms with E-state index in [1.807, 2.05) is 0 Å². The number of rotatable bonds is 5. The average Bonchev–Trinajstić information content (AvgIpc) is 2.66. The smallest absolute Gasteiger partial charge is 0.125 e. The van der Waals surface area contributed by atoms with Crippen LogP contribution in [0.15, 0.2) is 0 Å². The van der Waals surface area contributed by atoms with Crippen LogP contribution in [0.1, 0.15) is 25.7 Å². The zero-order valence-corrected chi connectivity index (χ0v) is 12.3. The Morgan fingerprint density at radius 3 is 2.12 bits per heavy atom. The highest BCUT2D eigenvalue weighted by atomic mass is 35.5. The Bertz CT molecular complexity index is 250.